The highest BCUT2D eigenvalue weighted by molar-refractivity contribution is 8.00. The van der Waals surface area contributed by atoms with Gasteiger partial charge in [-0.05, 0) is 68.8 Å². The van der Waals surface area contributed by atoms with E-state index >= 15 is 0 Å². The monoisotopic (exact) mass is 719 g/mol. The van der Waals surface area contributed by atoms with Crippen LogP contribution in [0.25, 0.3) is 17.2 Å². The van der Waals surface area contributed by atoms with E-state index in [1.54, 1.807) is 73.7 Å². The van der Waals surface area contributed by atoms with Crippen LogP contribution in [-0.2, 0) is 14.3 Å². The Morgan fingerprint density at radius 3 is 2.33 bits per heavy atom. The maximum Gasteiger partial charge on any atom is 0.341 e. The van der Waals surface area contributed by atoms with Crippen molar-refractivity contribution in [1.82, 2.24) is 5.32 Å². The summed E-state index contributed by atoms with van der Waals surface area (Å²) in [5, 5.41) is 10.2. The number of thioether (sulfide) groups is 1. The number of thiophene rings is 1. The first-order chi connectivity index (χ1) is 24.7. The fourth-order valence-electron chi connectivity index (χ4n) is 5.00. The lowest BCUT2D eigenvalue weighted by atomic mass is 10.0. The lowest BCUT2D eigenvalue weighted by molar-refractivity contribution is -0.115. The van der Waals surface area contributed by atoms with Crippen molar-refractivity contribution in [2.45, 2.75) is 30.9 Å². The summed E-state index contributed by atoms with van der Waals surface area (Å²) in [5.74, 6) is -1.27. The van der Waals surface area contributed by atoms with E-state index in [1.807, 2.05) is 61.7 Å². The van der Waals surface area contributed by atoms with Gasteiger partial charge in [0.05, 0.1) is 19.0 Å². The molecule has 0 aliphatic carbocycles. The molecule has 0 spiro atoms. The molecule has 11 heteroatoms. The van der Waals surface area contributed by atoms with Crippen LogP contribution in [0.5, 0.6) is 5.75 Å². The van der Waals surface area contributed by atoms with Crippen molar-refractivity contribution in [2.75, 3.05) is 24.4 Å². The number of nitrogens with one attached hydrogen (secondary N) is 3. The van der Waals surface area contributed by atoms with E-state index in [1.165, 1.54) is 30.2 Å². The largest absolute Gasteiger partial charge is 0.493 e. The van der Waals surface area contributed by atoms with E-state index in [0.29, 0.717) is 45.3 Å². The third-order valence-electron chi connectivity index (χ3n) is 7.60. The number of anilines is 2. The molecule has 1 unspecified atom stereocenters. The molecule has 5 aromatic rings. The standard InChI is InChI=1S/C40H37N3O6S2/c1-5-49-34-17-10-9-14-29(34)22-33(42-37(45)28-12-7-6-8-13-28)38(46)41-30-15-11-16-31(23-30)51-26(3)36(44)43-39-35(40(47)48-4)32(24-50-39)27-20-18-25(2)19-21-27/h6-24,26H,5H2,1-4H3,(H,41,46)(H,42,45)(H,43,44)/b33-22+. The molecule has 3 N–H and O–H groups in total. The Morgan fingerprint density at radius 2 is 1.61 bits per heavy atom. The molecule has 5 rings (SSSR count). The third-order valence-corrected chi connectivity index (χ3v) is 9.59. The molecule has 4 aromatic carbocycles. The van der Waals surface area contributed by atoms with Crippen LogP contribution in [0.2, 0.25) is 0 Å². The number of aryl methyl sites for hydroxylation is 1. The third kappa shape index (κ3) is 9.53. The normalized spacial score (nSPS) is 11.6. The number of benzene rings is 4. The zero-order chi connectivity index (χ0) is 36.3. The van der Waals surface area contributed by atoms with Crippen LogP contribution >= 0.6 is 23.1 Å². The van der Waals surface area contributed by atoms with Crippen molar-refractivity contribution in [3.8, 4) is 16.9 Å². The molecule has 1 aromatic heterocycles. The molecule has 1 heterocycles. The highest BCUT2D eigenvalue weighted by Gasteiger charge is 2.24. The Hall–Kier alpha value is -5.65. The van der Waals surface area contributed by atoms with Gasteiger partial charge in [-0.2, -0.15) is 0 Å². The number of hydrogen-bond donors (Lipinski definition) is 3. The molecule has 260 valence electrons. The molecule has 0 aliphatic rings. The molecule has 0 saturated heterocycles. The number of hydrogen-bond acceptors (Lipinski definition) is 8. The number of carbonyl (C=O) groups excluding carboxylic acids is 4. The fourth-order valence-corrected chi connectivity index (χ4v) is 6.89. The van der Waals surface area contributed by atoms with Gasteiger partial charge in [-0.3, -0.25) is 14.4 Å². The summed E-state index contributed by atoms with van der Waals surface area (Å²) >= 11 is 2.54. The van der Waals surface area contributed by atoms with Crippen LogP contribution in [0.4, 0.5) is 10.7 Å². The summed E-state index contributed by atoms with van der Waals surface area (Å²) in [4.78, 5) is 53.7. The molecule has 0 saturated carbocycles. The summed E-state index contributed by atoms with van der Waals surface area (Å²) in [5.41, 5.74) is 4.41. The number of rotatable bonds is 13. The summed E-state index contributed by atoms with van der Waals surface area (Å²) < 4.78 is 10.8. The Balaban J connectivity index is 1.32. The van der Waals surface area contributed by atoms with Crippen molar-refractivity contribution in [3.63, 3.8) is 0 Å². The van der Waals surface area contributed by atoms with Crippen molar-refractivity contribution >= 4 is 63.6 Å². The highest BCUT2D eigenvalue weighted by atomic mass is 32.2. The first kappa shape index (κ1) is 36.6. The summed E-state index contributed by atoms with van der Waals surface area (Å²) in [6.45, 7) is 6.04. The first-order valence-electron chi connectivity index (χ1n) is 16.1. The van der Waals surface area contributed by atoms with Gasteiger partial charge in [0.2, 0.25) is 5.91 Å². The topological polar surface area (TPSA) is 123 Å². The molecule has 0 fully saturated rings. The van der Waals surface area contributed by atoms with Crippen LogP contribution < -0.4 is 20.7 Å². The highest BCUT2D eigenvalue weighted by Crippen LogP contribution is 2.37. The Labute approximate surface area is 305 Å². The lowest BCUT2D eigenvalue weighted by Gasteiger charge is -2.15. The minimum absolute atomic E-state index is 0.0178. The molecule has 1 atom stereocenters. The van der Waals surface area contributed by atoms with Crippen LogP contribution in [0, 0.1) is 6.92 Å². The molecule has 9 nitrogen and oxygen atoms in total. The predicted molar refractivity (Wildman–Crippen MR) is 204 cm³/mol. The van der Waals surface area contributed by atoms with E-state index in [9.17, 15) is 19.2 Å². The smallest absolute Gasteiger partial charge is 0.341 e. The number of methoxy groups -OCH3 is 1. The molecular weight excluding hydrogens is 683 g/mol. The second kappa shape index (κ2) is 17.3. The maximum atomic E-state index is 13.7. The summed E-state index contributed by atoms with van der Waals surface area (Å²) in [6, 6.07) is 30.7. The van der Waals surface area contributed by atoms with Gasteiger partial charge in [0.25, 0.3) is 11.8 Å². The SMILES string of the molecule is CCOc1ccccc1/C=C(/NC(=O)c1ccccc1)C(=O)Nc1cccc(SC(C)C(=O)Nc2scc(-c3ccc(C)cc3)c2C(=O)OC)c1. The molecular formula is C40H37N3O6S2. The first-order valence-corrected chi connectivity index (χ1v) is 17.9. The van der Waals surface area contributed by atoms with Crippen molar-refractivity contribution < 1.29 is 28.7 Å². The quantitative estimate of drug-likeness (QED) is 0.0634. The van der Waals surface area contributed by atoms with Crippen LogP contribution in [-0.4, -0.2) is 42.7 Å². The van der Waals surface area contributed by atoms with Crippen molar-refractivity contribution in [3.05, 3.63) is 136 Å². The molecule has 3 amide bonds. The number of carbonyl (C=O) groups is 4. The second-order valence-corrected chi connectivity index (χ2v) is 13.6. The zero-order valence-corrected chi connectivity index (χ0v) is 30.2. The van der Waals surface area contributed by atoms with Crippen LogP contribution in [0.3, 0.4) is 0 Å². The summed E-state index contributed by atoms with van der Waals surface area (Å²) in [6.07, 6.45) is 1.57. The van der Waals surface area contributed by atoms with Crippen LogP contribution in [0.15, 0.2) is 119 Å². The van der Waals surface area contributed by atoms with Gasteiger partial charge in [0, 0.05) is 32.7 Å². The average molecular weight is 720 g/mol. The van der Waals surface area contributed by atoms with Crippen LogP contribution in [0.1, 0.15) is 45.7 Å². The van der Waals surface area contributed by atoms with Gasteiger partial charge in [0.15, 0.2) is 0 Å². The molecule has 0 radical (unpaired) electrons. The lowest BCUT2D eigenvalue weighted by Crippen LogP contribution is -2.30. The molecule has 0 aliphatic heterocycles. The summed E-state index contributed by atoms with van der Waals surface area (Å²) in [7, 11) is 1.31. The van der Waals surface area contributed by atoms with E-state index in [4.69, 9.17) is 9.47 Å². The Bertz CT molecular complexity index is 2060. The van der Waals surface area contributed by atoms with Gasteiger partial charge in [-0.15, -0.1) is 23.1 Å². The number of ether oxygens (including phenoxy) is 2. The Kier molecular flexibility index (Phi) is 12.4. The van der Waals surface area contributed by atoms with E-state index in [-0.39, 0.29) is 11.6 Å². The van der Waals surface area contributed by atoms with E-state index < -0.39 is 23.0 Å². The molecule has 51 heavy (non-hydrogen) atoms. The second-order valence-electron chi connectivity index (χ2n) is 11.3. The van der Waals surface area contributed by atoms with E-state index in [2.05, 4.69) is 16.0 Å². The average Bonchev–Trinajstić information content (AvgIpc) is 3.55. The number of para-hydroxylation sites is 1. The van der Waals surface area contributed by atoms with Crippen molar-refractivity contribution in [2.24, 2.45) is 0 Å². The predicted octanol–water partition coefficient (Wildman–Crippen LogP) is 8.44. The maximum absolute atomic E-state index is 13.7. The van der Waals surface area contributed by atoms with E-state index in [0.717, 1.165) is 16.0 Å². The van der Waals surface area contributed by atoms with Gasteiger partial charge in [0.1, 0.15) is 22.0 Å². The molecule has 0 bridgehead atoms. The minimum Gasteiger partial charge on any atom is -0.493 e. The van der Waals surface area contributed by atoms with Crippen molar-refractivity contribution in [1.29, 1.82) is 0 Å². The van der Waals surface area contributed by atoms with Gasteiger partial charge in [-0.1, -0.05) is 72.3 Å². The fraction of sp³-hybridized carbons (Fsp3) is 0.150. The zero-order valence-electron chi connectivity index (χ0n) is 28.5. The van der Waals surface area contributed by atoms with Gasteiger partial charge >= 0.3 is 5.97 Å². The Morgan fingerprint density at radius 1 is 0.882 bits per heavy atom. The number of amides is 3. The minimum atomic E-state index is -0.568. The van der Waals surface area contributed by atoms with Gasteiger partial charge < -0.3 is 25.4 Å². The van der Waals surface area contributed by atoms with Gasteiger partial charge in [-0.25, -0.2) is 4.79 Å². The number of esters is 1.